The topological polar surface area (TPSA) is 115 Å². The number of hydrogen-bond acceptors (Lipinski definition) is 7. The number of rotatable bonds is 6. The van der Waals surface area contributed by atoms with Crippen LogP contribution in [0.15, 0.2) is 23.2 Å². The molecule has 1 atom stereocenters. The molecule has 0 aliphatic carbocycles. The number of ether oxygens (including phenoxy) is 1. The van der Waals surface area contributed by atoms with E-state index in [1.165, 1.54) is 7.11 Å². The van der Waals surface area contributed by atoms with Crippen LogP contribution in [0.25, 0.3) is 10.2 Å². The largest absolute Gasteiger partial charge is 0.465 e. The molecule has 33 heavy (non-hydrogen) atoms. The first-order chi connectivity index (χ1) is 15.6. The Bertz CT molecular complexity index is 1300. The third-order valence-corrected chi connectivity index (χ3v) is 7.68. The maximum Gasteiger partial charge on any atom is 0.337 e. The molecular formula is C22H25N3O6S2. The minimum absolute atomic E-state index is 0.0993. The molecule has 2 aromatic rings. The highest BCUT2D eigenvalue weighted by atomic mass is 32.2. The number of carbonyl (C=O) groups excluding carboxylic acids is 3. The Morgan fingerprint density at radius 2 is 2.06 bits per heavy atom. The summed E-state index contributed by atoms with van der Waals surface area (Å²) in [7, 11) is -2.71. The summed E-state index contributed by atoms with van der Waals surface area (Å²) < 4.78 is 31.9. The van der Waals surface area contributed by atoms with Gasteiger partial charge < -0.3 is 14.2 Å². The van der Waals surface area contributed by atoms with Gasteiger partial charge in [-0.25, -0.2) is 13.2 Å². The van der Waals surface area contributed by atoms with Crippen LogP contribution in [0.3, 0.4) is 0 Å². The Morgan fingerprint density at radius 3 is 2.73 bits per heavy atom. The van der Waals surface area contributed by atoms with Gasteiger partial charge in [0.25, 0.3) is 5.91 Å². The predicted molar refractivity (Wildman–Crippen MR) is 124 cm³/mol. The molecule has 1 saturated heterocycles. The molecule has 0 bridgehead atoms. The summed E-state index contributed by atoms with van der Waals surface area (Å²) in [5.41, 5.74) is 0.972. The van der Waals surface area contributed by atoms with Gasteiger partial charge in [-0.1, -0.05) is 24.2 Å². The Labute approximate surface area is 196 Å². The zero-order valence-corrected chi connectivity index (χ0v) is 20.1. The maximum absolute atomic E-state index is 12.5. The van der Waals surface area contributed by atoms with E-state index in [1.807, 2.05) is 6.92 Å². The number of esters is 1. The van der Waals surface area contributed by atoms with Crippen molar-refractivity contribution in [2.24, 2.45) is 10.9 Å². The molecule has 1 fully saturated rings. The number of hydrogen-bond donors (Lipinski definition) is 0. The lowest BCUT2D eigenvalue weighted by molar-refractivity contribution is -0.130. The van der Waals surface area contributed by atoms with E-state index >= 15 is 0 Å². The molecule has 2 heterocycles. The first kappa shape index (κ1) is 24.7. The molecule has 0 spiro atoms. The molecule has 9 nitrogen and oxygen atoms in total. The number of benzene rings is 1. The standard InChI is InChI=1S/C22H25N3O6S2/c1-4-9-25-17-8-7-16(21(28)31-3)11-18(17)32-22(25)23-19(26)13-33(29,30)14-20(27)24-10-5-6-15(2)12-24/h1,7-8,11,15H,5-6,9-10,12-14H2,2-3H3. The predicted octanol–water partition coefficient (Wildman–Crippen LogP) is 1.22. The van der Waals surface area contributed by atoms with Crippen molar-refractivity contribution in [3.05, 3.63) is 28.6 Å². The second-order valence-electron chi connectivity index (χ2n) is 7.97. The van der Waals surface area contributed by atoms with Crippen LogP contribution in [-0.4, -0.2) is 67.4 Å². The number of carbonyl (C=O) groups is 3. The molecule has 11 heteroatoms. The van der Waals surface area contributed by atoms with Crippen LogP contribution in [0.5, 0.6) is 0 Å². The van der Waals surface area contributed by atoms with Crippen LogP contribution in [0.4, 0.5) is 0 Å². The lowest BCUT2D eigenvalue weighted by Gasteiger charge is -2.30. The van der Waals surface area contributed by atoms with Gasteiger partial charge in [0.05, 0.1) is 29.4 Å². The first-order valence-corrected chi connectivity index (χ1v) is 13.0. The summed E-state index contributed by atoms with van der Waals surface area (Å²) in [6.45, 7) is 3.16. The number of sulfone groups is 1. The highest BCUT2D eigenvalue weighted by Crippen LogP contribution is 2.20. The van der Waals surface area contributed by atoms with E-state index in [2.05, 4.69) is 10.9 Å². The SMILES string of the molecule is C#CCn1c(=NC(=O)CS(=O)(=O)CC(=O)N2CCCC(C)C2)sc2cc(C(=O)OC)ccc21. The summed E-state index contributed by atoms with van der Waals surface area (Å²) >= 11 is 1.10. The van der Waals surface area contributed by atoms with Crippen molar-refractivity contribution in [2.45, 2.75) is 26.3 Å². The summed E-state index contributed by atoms with van der Waals surface area (Å²) in [5.74, 6) is -0.692. The van der Waals surface area contributed by atoms with Gasteiger partial charge in [-0.05, 0) is 37.0 Å². The highest BCUT2D eigenvalue weighted by molar-refractivity contribution is 7.92. The van der Waals surface area contributed by atoms with Crippen molar-refractivity contribution in [1.29, 1.82) is 0 Å². The average Bonchev–Trinajstić information content (AvgIpc) is 3.08. The average molecular weight is 492 g/mol. The van der Waals surface area contributed by atoms with E-state index in [-0.39, 0.29) is 11.3 Å². The lowest BCUT2D eigenvalue weighted by Crippen LogP contribution is -2.42. The monoisotopic (exact) mass is 491 g/mol. The van der Waals surface area contributed by atoms with Crippen molar-refractivity contribution in [1.82, 2.24) is 9.47 Å². The molecule has 1 aliphatic rings. The molecule has 1 aliphatic heterocycles. The van der Waals surface area contributed by atoms with Gasteiger partial charge in [-0.3, -0.25) is 9.59 Å². The van der Waals surface area contributed by atoms with Crippen LogP contribution in [0.2, 0.25) is 0 Å². The van der Waals surface area contributed by atoms with Crippen LogP contribution >= 0.6 is 11.3 Å². The van der Waals surface area contributed by atoms with Crippen LogP contribution in [0.1, 0.15) is 30.1 Å². The lowest BCUT2D eigenvalue weighted by atomic mass is 10.0. The normalized spacial score (nSPS) is 17.1. The minimum atomic E-state index is -3.98. The number of nitrogens with zero attached hydrogens (tertiary/aromatic N) is 3. The molecular weight excluding hydrogens is 466 g/mol. The Hall–Kier alpha value is -2.97. The number of terminal acetylenes is 1. The van der Waals surface area contributed by atoms with Gasteiger partial charge in [0.2, 0.25) is 5.91 Å². The molecule has 0 saturated carbocycles. The van der Waals surface area contributed by atoms with E-state index in [0.29, 0.717) is 34.8 Å². The number of piperidine rings is 1. The Balaban J connectivity index is 1.82. The summed E-state index contributed by atoms with van der Waals surface area (Å²) in [6, 6.07) is 4.82. The van der Waals surface area contributed by atoms with E-state index in [0.717, 1.165) is 24.2 Å². The maximum atomic E-state index is 12.5. The number of aromatic nitrogens is 1. The van der Waals surface area contributed by atoms with Gasteiger partial charge >= 0.3 is 5.97 Å². The number of fused-ring (bicyclic) bond motifs is 1. The van der Waals surface area contributed by atoms with Crippen molar-refractivity contribution in [3.8, 4) is 12.3 Å². The van der Waals surface area contributed by atoms with Crippen molar-refractivity contribution < 1.29 is 27.5 Å². The van der Waals surface area contributed by atoms with Crippen LogP contribution in [-0.2, 0) is 30.7 Å². The van der Waals surface area contributed by atoms with E-state index < -0.39 is 39.1 Å². The molecule has 0 N–H and O–H groups in total. The molecule has 0 radical (unpaired) electrons. The number of likely N-dealkylation sites (tertiary alicyclic amines) is 1. The Kier molecular flexibility index (Phi) is 7.71. The zero-order valence-electron chi connectivity index (χ0n) is 18.4. The van der Waals surface area contributed by atoms with Gasteiger partial charge in [0, 0.05) is 13.1 Å². The minimum Gasteiger partial charge on any atom is -0.465 e. The zero-order chi connectivity index (χ0) is 24.2. The number of thiazole rings is 1. The van der Waals surface area contributed by atoms with E-state index in [1.54, 1.807) is 27.7 Å². The third-order valence-electron chi connectivity index (χ3n) is 5.27. The van der Waals surface area contributed by atoms with Crippen molar-refractivity contribution >= 4 is 49.2 Å². The van der Waals surface area contributed by atoms with Crippen molar-refractivity contribution in [3.63, 3.8) is 0 Å². The third kappa shape index (κ3) is 6.09. The van der Waals surface area contributed by atoms with Gasteiger partial charge in [-0.15, -0.1) is 6.42 Å². The van der Waals surface area contributed by atoms with E-state index in [4.69, 9.17) is 11.2 Å². The first-order valence-electron chi connectivity index (χ1n) is 10.3. The molecule has 176 valence electrons. The Morgan fingerprint density at radius 1 is 1.30 bits per heavy atom. The molecule has 1 unspecified atom stereocenters. The summed E-state index contributed by atoms with van der Waals surface area (Å²) in [6.07, 6.45) is 7.28. The summed E-state index contributed by atoms with van der Waals surface area (Å²) in [4.78, 5) is 42.4. The van der Waals surface area contributed by atoms with Gasteiger partial charge in [-0.2, -0.15) is 4.99 Å². The fraction of sp³-hybridized carbons (Fsp3) is 0.455. The van der Waals surface area contributed by atoms with Crippen molar-refractivity contribution in [2.75, 3.05) is 31.7 Å². The fourth-order valence-electron chi connectivity index (χ4n) is 3.72. The van der Waals surface area contributed by atoms with E-state index in [9.17, 15) is 22.8 Å². The quantitative estimate of drug-likeness (QED) is 0.443. The number of methoxy groups -OCH3 is 1. The number of amides is 2. The molecule has 1 aromatic heterocycles. The smallest absolute Gasteiger partial charge is 0.337 e. The molecule has 1 aromatic carbocycles. The van der Waals surface area contributed by atoms with Gasteiger partial charge in [0.15, 0.2) is 14.6 Å². The fourth-order valence-corrected chi connectivity index (χ4v) is 5.91. The van der Waals surface area contributed by atoms with Crippen LogP contribution < -0.4 is 4.80 Å². The second-order valence-corrected chi connectivity index (χ2v) is 11.0. The summed E-state index contributed by atoms with van der Waals surface area (Å²) in [5, 5.41) is 0. The second kappa shape index (κ2) is 10.3. The molecule has 3 rings (SSSR count). The molecule has 2 amide bonds. The van der Waals surface area contributed by atoms with Crippen LogP contribution in [0, 0.1) is 18.3 Å². The highest BCUT2D eigenvalue weighted by Gasteiger charge is 2.27. The van der Waals surface area contributed by atoms with Gasteiger partial charge in [0.1, 0.15) is 11.5 Å².